The van der Waals surface area contributed by atoms with Crippen molar-refractivity contribution in [2.75, 3.05) is 0 Å². The van der Waals surface area contributed by atoms with Gasteiger partial charge in [-0.1, -0.05) is 39.2 Å². The highest BCUT2D eigenvalue weighted by molar-refractivity contribution is 5.81. The van der Waals surface area contributed by atoms with Gasteiger partial charge in [0.25, 0.3) is 0 Å². The van der Waals surface area contributed by atoms with Crippen molar-refractivity contribution >= 4 is 11.9 Å². The third-order valence-electron chi connectivity index (χ3n) is 2.48. The largest absolute Gasteiger partial charge is 0.481 e. The molecule has 17 heavy (non-hydrogen) atoms. The molecule has 0 aromatic rings. The van der Waals surface area contributed by atoms with E-state index in [9.17, 15) is 9.59 Å². The Morgan fingerprint density at radius 1 is 1.29 bits per heavy atom. The van der Waals surface area contributed by atoms with Gasteiger partial charge in [0.15, 0.2) is 0 Å². The third-order valence-corrected chi connectivity index (χ3v) is 2.48. The highest BCUT2D eigenvalue weighted by Crippen LogP contribution is 2.12. The highest BCUT2D eigenvalue weighted by Gasteiger charge is 2.16. The summed E-state index contributed by atoms with van der Waals surface area (Å²) in [6.07, 6.45) is 6.46. The molecule has 1 N–H and O–H groups in total. The molecule has 0 fully saturated rings. The van der Waals surface area contributed by atoms with Crippen LogP contribution in [-0.4, -0.2) is 23.1 Å². The third kappa shape index (κ3) is 9.60. The molecule has 4 nitrogen and oxygen atoms in total. The van der Waals surface area contributed by atoms with E-state index in [0.717, 1.165) is 25.3 Å². The molecule has 0 heterocycles. The van der Waals surface area contributed by atoms with E-state index in [2.05, 4.69) is 13.5 Å². The first-order valence-corrected chi connectivity index (χ1v) is 6.15. The predicted octanol–water partition coefficient (Wildman–Crippen LogP) is 2.92. The van der Waals surface area contributed by atoms with E-state index in [0.29, 0.717) is 6.42 Å². The summed E-state index contributed by atoms with van der Waals surface area (Å²) in [4.78, 5) is 21.6. The molecule has 0 saturated carbocycles. The fourth-order valence-corrected chi connectivity index (χ4v) is 1.59. The fraction of sp³-hybridized carbons (Fsp3) is 0.692. The number of unbranched alkanes of at least 4 members (excludes halogenated alkanes) is 4. The Balaban J connectivity index is 3.88. The molecule has 0 aromatic heterocycles. The highest BCUT2D eigenvalue weighted by atomic mass is 16.5. The summed E-state index contributed by atoms with van der Waals surface area (Å²) in [7, 11) is 0. The molecule has 1 atom stereocenters. The van der Waals surface area contributed by atoms with Crippen LogP contribution in [0.3, 0.4) is 0 Å². The van der Waals surface area contributed by atoms with E-state index in [-0.39, 0.29) is 6.42 Å². The summed E-state index contributed by atoms with van der Waals surface area (Å²) in [6.45, 7) is 5.43. The van der Waals surface area contributed by atoms with Crippen molar-refractivity contribution in [2.45, 2.75) is 58.0 Å². The van der Waals surface area contributed by atoms with Gasteiger partial charge in [-0.25, -0.2) is 4.79 Å². The van der Waals surface area contributed by atoms with Crippen LogP contribution in [0.5, 0.6) is 0 Å². The van der Waals surface area contributed by atoms with Crippen LogP contribution in [0, 0.1) is 0 Å². The number of esters is 1. The average Bonchev–Trinajstić information content (AvgIpc) is 2.27. The minimum absolute atomic E-state index is 0.132. The van der Waals surface area contributed by atoms with Crippen LogP contribution < -0.4 is 0 Å². The van der Waals surface area contributed by atoms with E-state index in [1.54, 1.807) is 0 Å². The summed E-state index contributed by atoms with van der Waals surface area (Å²) >= 11 is 0. The molecule has 0 saturated heterocycles. The van der Waals surface area contributed by atoms with Gasteiger partial charge in [-0.15, -0.1) is 0 Å². The van der Waals surface area contributed by atoms with E-state index < -0.39 is 18.0 Å². The van der Waals surface area contributed by atoms with Gasteiger partial charge in [0.1, 0.15) is 6.10 Å². The molecule has 4 heteroatoms. The van der Waals surface area contributed by atoms with Crippen LogP contribution in [0.1, 0.15) is 51.9 Å². The van der Waals surface area contributed by atoms with E-state index in [1.807, 2.05) is 0 Å². The monoisotopic (exact) mass is 242 g/mol. The van der Waals surface area contributed by atoms with Gasteiger partial charge in [-0.2, -0.15) is 0 Å². The van der Waals surface area contributed by atoms with Crippen LogP contribution in [0.4, 0.5) is 0 Å². The maximum absolute atomic E-state index is 11.0. The molecule has 0 aromatic carbocycles. The molecule has 1 unspecified atom stereocenters. The van der Waals surface area contributed by atoms with E-state index in [4.69, 9.17) is 9.84 Å². The molecule has 0 bridgehead atoms. The lowest BCUT2D eigenvalue weighted by atomic mass is 10.1. The molecule has 0 amide bonds. The second kappa shape index (κ2) is 9.87. The predicted molar refractivity (Wildman–Crippen MR) is 65.7 cm³/mol. The zero-order valence-corrected chi connectivity index (χ0v) is 10.5. The summed E-state index contributed by atoms with van der Waals surface area (Å²) in [5, 5.41) is 8.69. The van der Waals surface area contributed by atoms with Gasteiger partial charge in [-0.3, -0.25) is 4.79 Å². The number of carboxylic acid groups (broad SMARTS) is 1. The van der Waals surface area contributed by atoms with Gasteiger partial charge < -0.3 is 9.84 Å². The van der Waals surface area contributed by atoms with Gasteiger partial charge in [-0.05, 0) is 12.8 Å². The quantitative estimate of drug-likeness (QED) is 0.363. The number of rotatable bonds is 10. The van der Waals surface area contributed by atoms with Crippen LogP contribution in [0.25, 0.3) is 0 Å². The van der Waals surface area contributed by atoms with Crippen molar-refractivity contribution in [1.29, 1.82) is 0 Å². The first-order valence-electron chi connectivity index (χ1n) is 6.15. The lowest BCUT2D eigenvalue weighted by Crippen LogP contribution is -2.20. The molecule has 0 rings (SSSR count). The zero-order chi connectivity index (χ0) is 13.1. The Labute approximate surface area is 103 Å². The maximum atomic E-state index is 11.0. The fourth-order valence-electron chi connectivity index (χ4n) is 1.59. The molecule has 0 aliphatic carbocycles. The summed E-state index contributed by atoms with van der Waals surface area (Å²) < 4.78 is 4.98. The number of aliphatic carboxylic acids is 1. The van der Waals surface area contributed by atoms with Crippen molar-refractivity contribution in [3.8, 4) is 0 Å². The molecule has 0 aliphatic rings. The Morgan fingerprint density at radius 2 is 1.94 bits per heavy atom. The van der Waals surface area contributed by atoms with E-state index in [1.165, 1.54) is 12.8 Å². The summed E-state index contributed by atoms with van der Waals surface area (Å²) in [5.41, 5.74) is 0. The van der Waals surface area contributed by atoms with Gasteiger partial charge >= 0.3 is 11.9 Å². The molecular weight excluding hydrogens is 220 g/mol. The number of carboxylic acids is 1. The minimum Gasteiger partial charge on any atom is -0.481 e. The smallest absolute Gasteiger partial charge is 0.330 e. The lowest BCUT2D eigenvalue weighted by molar-refractivity contribution is -0.148. The van der Waals surface area contributed by atoms with Crippen molar-refractivity contribution in [1.82, 2.24) is 0 Å². The van der Waals surface area contributed by atoms with Crippen molar-refractivity contribution in [2.24, 2.45) is 0 Å². The van der Waals surface area contributed by atoms with E-state index >= 15 is 0 Å². The average molecular weight is 242 g/mol. The molecule has 0 spiro atoms. The lowest BCUT2D eigenvalue weighted by Gasteiger charge is -2.14. The number of carbonyl (C=O) groups excluding carboxylic acids is 1. The van der Waals surface area contributed by atoms with Gasteiger partial charge in [0.2, 0.25) is 0 Å². The van der Waals surface area contributed by atoms with Crippen LogP contribution in [0.15, 0.2) is 12.7 Å². The number of hydrogen-bond acceptors (Lipinski definition) is 3. The number of carbonyl (C=O) groups is 2. The van der Waals surface area contributed by atoms with Gasteiger partial charge in [0, 0.05) is 6.08 Å². The number of hydrogen-bond donors (Lipinski definition) is 1. The Hall–Kier alpha value is -1.32. The SMILES string of the molecule is C=CC(=O)OC(CCCCCCC)CC(=O)O. The number of ether oxygens (including phenoxy) is 1. The van der Waals surface area contributed by atoms with Gasteiger partial charge in [0.05, 0.1) is 6.42 Å². The molecule has 98 valence electrons. The summed E-state index contributed by atoms with van der Waals surface area (Å²) in [6, 6.07) is 0. The van der Waals surface area contributed by atoms with Crippen molar-refractivity contribution in [3.05, 3.63) is 12.7 Å². The first kappa shape index (κ1) is 15.7. The Morgan fingerprint density at radius 3 is 2.47 bits per heavy atom. The molecular formula is C13H22O4. The van der Waals surface area contributed by atoms with Crippen LogP contribution in [0.2, 0.25) is 0 Å². The zero-order valence-electron chi connectivity index (χ0n) is 10.5. The standard InChI is InChI=1S/C13H22O4/c1-3-5-6-7-8-9-11(10-12(14)15)17-13(16)4-2/h4,11H,2-3,5-10H2,1H3,(H,14,15). The maximum Gasteiger partial charge on any atom is 0.330 e. The molecule has 0 aliphatic heterocycles. The second-order valence-electron chi connectivity index (χ2n) is 4.06. The minimum atomic E-state index is -0.944. The van der Waals surface area contributed by atoms with Crippen LogP contribution in [-0.2, 0) is 14.3 Å². The Kier molecular flexibility index (Phi) is 9.11. The second-order valence-corrected chi connectivity index (χ2v) is 4.06. The Bertz CT molecular complexity index is 248. The van der Waals surface area contributed by atoms with Crippen molar-refractivity contribution in [3.63, 3.8) is 0 Å². The molecule has 0 radical (unpaired) electrons. The first-order chi connectivity index (χ1) is 8.10. The van der Waals surface area contributed by atoms with Crippen molar-refractivity contribution < 1.29 is 19.4 Å². The summed E-state index contributed by atoms with van der Waals surface area (Å²) in [5.74, 6) is -1.50. The topological polar surface area (TPSA) is 63.6 Å². The normalized spacial score (nSPS) is 11.8. The van der Waals surface area contributed by atoms with Crippen LogP contribution >= 0.6 is 0 Å².